The fourth-order valence-electron chi connectivity index (χ4n) is 1.25. The summed E-state index contributed by atoms with van der Waals surface area (Å²) in [6, 6.07) is 10.1. The molecule has 1 rings (SSSR count). The van der Waals surface area contributed by atoms with Crippen LogP contribution in [0, 0.1) is 34.0 Å². The second kappa shape index (κ2) is 6.15. The van der Waals surface area contributed by atoms with Gasteiger partial charge in [0.2, 0.25) is 0 Å². The van der Waals surface area contributed by atoms with E-state index in [4.69, 9.17) is 27.4 Å². The van der Waals surface area contributed by atoms with Crippen LogP contribution in [0.4, 0.5) is 11.4 Å². The highest BCUT2D eigenvalue weighted by molar-refractivity contribution is 6.31. The molecule has 0 aliphatic heterocycles. The standard InChI is InChI=1S/C12H8ClN5/c1-17-11-4-9(13)2-3-10(11)18-12(7-16)8(5-14)6-15/h2-4,17-18H,1H3. The highest BCUT2D eigenvalue weighted by Gasteiger charge is 2.08. The summed E-state index contributed by atoms with van der Waals surface area (Å²) in [5, 5.41) is 32.5. The first kappa shape index (κ1) is 13.4. The number of nitrogens with zero attached hydrogens (tertiary/aromatic N) is 3. The van der Waals surface area contributed by atoms with Crippen LogP contribution in [0.5, 0.6) is 0 Å². The molecule has 0 radical (unpaired) electrons. The van der Waals surface area contributed by atoms with Gasteiger partial charge in [-0.1, -0.05) is 11.6 Å². The number of halogens is 1. The molecule has 0 atom stereocenters. The van der Waals surface area contributed by atoms with Gasteiger partial charge in [-0.2, -0.15) is 15.8 Å². The van der Waals surface area contributed by atoms with Crippen LogP contribution >= 0.6 is 11.6 Å². The van der Waals surface area contributed by atoms with Gasteiger partial charge in [-0.25, -0.2) is 0 Å². The number of anilines is 2. The van der Waals surface area contributed by atoms with Gasteiger partial charge in [0.25, 0.3) is 0 Å². The van der Waals surface area contributed by atoms with Crippen molar-refractivity contribution in [1.29, 1.82) is 15.8 Å². The minimum absolute atomic E-state index is 0.0983. The van der Waals surface area contributed by atoms with E-state index in [1.165, 1.54) is 0 Å². The molecule has 0 aromatic heterocycles. The van der Waals surface area contributed by atoms with Gasteiger partial charge in [0.1, 0.15) is 23.9 Å². The predicted molar refractivity (Wildman–Crippen MR) is 68.5 cm³/mol. The van der Waals surface area contributed by atoms with Gasteiger partial charge in [0, 0.05) is 12.1 Å². The molecule has 0 amide bonds. The van der Waals surface area contributed by atoms with Gasteiger partial charge in [-0.05, 0) is 18.2 Å². The van der Waals surface area contributed by atoms with Crippen molar-refractivity contribution < 1.29 is 0 Å². The fourth-order valence-corrected chi connectivity index (χ4v) is 1.42. The minimum atomic E-state index is -0.269. The molecular weight excluding hydrogens is 250 g/mol. The molecule has 0 aliphatic rings. The Hall–Kier alpha value is -2.68. The zero-order valence-electron chi connectivity index (χ0n) is 9.45. The molecule has 1 aromatic carbocycles. The summed E-state index contributed by atoms with van der Waals surface area (Å²) in [6.07, 6.45) is 0. The number of nitriles is 3. The summed E-state index contributed by atoms with van der Waals surface area (Å²) in [6.45, 7) is 0. The average molecular weight is 258 g/mol. The molecule has 88 valence electrons. The summed E-state index contributed by atoms with van der Waals surface area (Å²) >= 11 is 5.83. The number of allylic oxidation sites excluding steroid dienone is 2. The predicted octanol–water partition coefficient (Wildman–Crippen LogP) is 2.62. The Bertz CT molecular complexity index is 597. The van der Waals surface area contributed by atoms with E-state index in [0.717, 1.165) is 0 Å². The van der Waals surface area contributed by atoms with Gasteiger partial charge in [0.15, 0.2) is 5.57 Å². The fraction of sp³-hybridized carbons (Fsp3) is 0.0833. The number of hydrogen-bond acceptors (Lipinski definition) is 5. The van der Waals surface area contributed by atoms with E-state index >= 15 is 0 Å². The lowest BCUT2D eigenvalue weighted by atomic mass is 10.2. The molecule has 0 fully saturated rings. The maximum Gasteiger partial charge on any atom is 0.163 e. The van der Waals surface area contributed by atoms with Crippen molar-refractivity contribution in [1.82, 2.24) is 0 Å². The van der Waals surface area contributed by atoms with Crippen molar-refractivity contribution >= 4 is 23.0 Å². The van der Waals surface area contributed by atoms with Gasteiger partial charge in [-0.15, -0.1) is 0 Å². The van der Waals surface area contributed by atoms with Crippen LogP contribution in [0.25, 0.3) is 0 Å². The molecule has 0 saturated heterocycles. The van der Waals surface area contributed by atoms with Crippen molar-refractivity contribution in [3.05, 3.63) is 34.5 Å². The Kier molecular flexibility index (Phi) is 4.58. The number of rotatable bonds is 3. The Morgan fingerprint density at radius 2 is 1.78 bits per heavy atom. The third-order valence-electron chi connectivity index (χ3n) is 2.10. The zero-order chi connectivity index (χ0) is 13.5. The third kappa shape index (κ3) is 2.92. The summed E-state index contributed by atoms with van der Waals surface area (Å²) in [7, 11) is 1.70. The average Bonchev–Trinajstić information content (AvgIpc) is 2.40. The van der Waals surface area contributed by atoms with E-state index < -0.39 is 0 Å². The van der Waals surface area contributed by atoms with Crippen LogP contribution in [0.15, 0.2) is 29.5 Å². The van der Waals surface area contributed by atoms with Crippen LogP contribution in [0.1, 0.15) is 0 Å². The maximum absolute atomic E-state index is 8.92. The van der Waals surface area contributed by atoms with Gasteiger partial charge in [-0.3, -0.25) is 0 Å². The third-order valence-corrected chi connectivity index (χ3v) is 2.33. The lowest BCUT2D eigenvalue weighted by Crippen LogP contribution is -2.03. The normalized spacial score (nSPS) is 8.39. The lowest BCUT2D eigenvalue weighted by Gasteiger charge is -2.11. The molecule has 1 aromatic rings. The molecule has 0 unspecified atom stereocenters. The van der Waals surface area contributed by atoms with E-state index in [-0.39, 0.29) is 11.3 Å². The van der Waals surface area contributed by atoms with Crippen molar-refractivity contribution in [2.75, 3.05) is 17.7 Å². The summed E-state index contributed by atoms with van der Waals surface area (Å²) < 4.78 is 0. The second-order valence-corrected chi connectivity index (χ2v) is 3.59. The first-order valence-electron chi connectivity index (χ1n) is 4.85. The molecule has 0 heterocycles. The Balaban J connectivity index is 3.21. The van der Waals surface area contributed by atoms with Gasteiger partial charge in [0.05, 0.1) is 11.4 Å². The van der Waals surface area contributed by atoms with Crippen molar-refractivity contribution in [2.45, 2.75) is 0 Å². The van der Waals surface area contributed by atoms with Crippen LogP contribution in [0.3, 0.4) is 0 Å². The SMILES string of the molecule is CNc1cc(Cl)ccc1NC(C#N)=C(C#N)C#N. The quantitative estimate of drug-likeness (QED) is 0.812. The van der Waals surface area contributed by atoms with Gasteiger partial charge < -0.3 is 10.6 Å². The molecule has 0 saturated carbocycles. The van der Waals surface area contributed by atoms with Crippen molar-refractivity contribution in [3.63, 3.8) is 0 Å². The summed E-state index contributed by atoms with van der Waals surface area (Å²) in [5.41, 5.74) is 0.847. The van der Waals surface area contributed by atoms with Crippen LogP contribution in [-0.2, 0) is 0 Å². The minimum Gasteiger partial charge on any atom is -0.386 e. The Labute approximate surface area is 110 Å². The van der Waals surface area contributed by atoms with E-state index in [1.807, 2.05) is 0 Å². The van der Waals surface area contributed by atoms with Crippen LogP contribution < -0.4 is 10.6 Å². The van der Waals surface area contributed by atoms with Gasteiger partial charge >= 0.3 is 0 Å². The zero-order valence-corrected chi connectivity index (χ0v) is 10.2. The van der Waals surface area contributed by atoms with Crippen LogP contribution in [0.2, 0.25) is 5.02 Å². The maximum atomic E-state index is 8.92. The largest absolute Gasteiger partial charge is 0.386 e. The summed E-state index contributed by atoms with van der Waals surface area (Å²) in [5.74, 6) is 0. The molecule has 0 aliphatic carbocycles. The lowest BCUT2D eigenvalue weighted by molar-refractivity contribution is 1.36. The first-order chi connectivity index (χ1) is 8.65. The number of benzene rings is 1. The molecule has 5 nitrogen and oxygen atoms in total. The monoisotopic (exact) mass is 257 g/mol. The van der Waals surface area contributed by atoms with E-state index in [0.29, 0.717) is 16.4 Å². The molecule has 6 heteroatoms. The van der Waals surface area contributed by atoms with Crippen molar-refractivity contribution in [3.8, 4) is 18.2 Å². The first-order valence-corrected chi connectivity index (χ1v) is 5.23. The Morgan fingerprint density at radius 1 is 1.11 bits per heavy atom. The van der Waals surface area contributed by atoms with E-state index in [1.54, 1.807) is 43.5 Å². The van der Waals surface area contributed by atoms with Crippen LogP contribution in [-0.4, -0.2) is 7.05 Å². The molecule has 0 bridgehead atoms. The topological polar surface area (TPSA) is 95.4 Å². The summed E-state index contributed by atoms with van der Waals surface area (Å²) in [4.78, 5) is 0. The van der Waals surface area contributed by atoms with E-state index in [9.17, 15) is 0 Å². The molecular formula is C12H8ClN5. The highest BCUT2D eigenvalue weighted by atomic mass is 35.5. The molecule has 18 heavy (non-hydrogen) atoms. The second-order valence-electron chi connectivity index (χ2n) is 3.15. The molecule has 2 N–H and O–H groups in total. The van der Waals surface area contributed by atoms with Crippen molar-refractivity contribution in [2.24, 2.45) is 0 Å². The smallest absolute Gasteiger partial charge is 0.163 e. The number of nitrogens with one attached hydrogen (secondary N) is 2. The Morgan fingerprint density at radius 3 is 2.28 bits per heavy atom. The molecule has 0 spiro atoms. The number of hydrogen-bond donors (Lipinski definition) is 2. The highest BCUT2D eigenvalue weighted by Crippen LogP contribution is 2.26. The van der Waals surface area contributed by atoms with E-state index in [2.05, 4.69) is 10.6 Å².